The van der Waals surface area contributed by atoms with Crippen LogP contribution in [-0.4, -0.2) is 31.9 Å². The van der Waals surface area contributed by atoms with Crippen molar-refractivity contribution in [1.82, 2.24) is 0 Å². The predicted octanol–water partition coefficient (Wildman–Crippen LogP) is 5.32. The normalized spacial score (nSPS) is 25.4. The molecule has 0 saturated heterocycles. The van der Waals surface area contributed by atoms with Crippen LogP contribution in [0, 0.1) is 17.8 Å². The molecule has 2 nitrogen and oxygen atoms in total. The Labute approximate surface area is 132 Å². The third-order valence-electron chi connectivity index (χ3n) is 5.04. The lowest BCUT2D eigenvalue weighted by molar-refractivity contribution is -0.410. The van der Waals surface area contributed by atoms with Gasteiger partial charge in [0.15, 0.2) is 0 Å². The van der Waals surface area contributed by atoms with Crippen molar-refractivity contribution in [2.45, 2.75) is 63.9 Å². The van der Waals surface area contributed by atoms with Crippen molar-refractivity contribution in [2.24, 2.45) is 17.8 Å². The number of hydrogen-bond donors (Lipinski definition) is 0. The van der Waals surface area contributed by atoms with Crippen LogP contribution in [0.1, 0.15) is 46.0 Å². The van der Waals surface area contributed by atoms with Gasteiger partial charge in [0.1, 0.15) is 6.79 Å². The molecule has 23 heavy (non-hydrogen) atoms. The maximum atomic E-state index is 13.4. The van der Waals surface area contributed by atoms with Gasteiger partial charge >= 0.3 is 12.4 Å². The van der Waals surface area contributed by atoms with E-state index in [9.17, 15) is 26.3 Å². The van der Waals surface area contributed by atoms with E-state index in [1.54, 1.807) is 0 Å². The van der Waals surface area contributed by atoms with Gasteiger partial charge in [-0.3, -0.25) is 0 Å². The van der Waals surface area contributed by atoms with Gasteiger partial charge < -0.3 is 9.47 Å². The van der Waals surface area contributed by atoms with E-state index in [1.165, 1.54) is 0 Å². The lowest BCUT2D eigenvalue weighted by atomic mass is 9.69. The van der Waals surface area contributed by atoms with Gasteiger partial charge in [-0.15, -0.1) is 0 Å². The van der Waals surface area contributed by atoms with Crippen LogP contribution >= 0.6 is 0 Å². The molecule has 0 aromatic carbocycles. The van der Waals surface area contributed by atoms with E-state index in [4.69, 9.17) is 0 Å². The molecule has 0 aromatic rings. The fourth-order valence-corrected chi connectivity index (χ4v) is 3.49. The maximum absolute atomic E-state index is 13.4. The summed E-state index contributed by atoms with van der Waals surface area (Å²) in [5, 5.41) is 0. The summed E-state index contributed by atoms with van der Waals surface area (Å²) in [5.41, 5.74) is -4.16. The molecule has 8 heteroatoms. The molecule has 1 unspecified atom stereocenters. The maximum Gasteiger partial charge on any atom is 0.426 e. The van der Waals surface area contributed by atoms with Crippen LogP contribution in [0.5, 0.6) is 0 Å². The lowest BCUT2D eigenvalue weighted by Gasteiger charge is -2.45. The van der Waals surface area contributed by atoms with Crippen molar-refractivity contribution in [2.75, 3.05) is 13.9 Å². The number of alkyl halides is 6. The van der Waals surface area contributed by atoms with E-state index >= 15 is 0 Å². The van der Waals surface area contributed by atoms with Crippen LogP contribution < -0.4 is 0 Å². The lowest BCUT2D eigenvalue weighted by Crippen LogP contribution is -2.64. The summed E-state index contributed by atoms with van der Waals surface area (Å²) in [6, 6.07) is 0. The summed E-state index contributed by atoms with van der Waals surface area (Å²) < 4.78 is 89.0. The van der Waals surface area contributed by atoms with Gasteiger partial charge in [0.05, 0.1) is 0 Å². The first kappa shape index (κ1) is 20.5. The molecule has 1 fully saturated rings. The highest BCUT2D eigenvalue weighted by Crippen LogP contribution is 2.55. The van der Waals surface area contributed by atoms with Gasteiger partial charge in [0, 0.05) is 13.0 Å². The van der Waals surface area contributed by atoms with E-state index in [-0.39, 0.29) is 18.8 Å². The number of ether oxygens (including phenoxy) is 2. The molecule has 0 aromatic heterocycles. The van der Waals surface area contributed by atoms with Crippen molar-refractivity contribution < 1.29 is 35.8 Å². The summed E-state index contributed by atoms with van der Waals surface area (Å²) >= 11 is 0. The average molecular weight is 350 g/mol. The number of methoxy groups -OCH3 is 1. The van der Waals surface area contributed by atoms with E-state index in [2.05, 4.69) is 9.47 Å². The first-order valence-corrected chi connectivity index (χ1v) is 7.77. The van der Waals surface area contributed by atoms with E-state index < -0.39 is 30.7 Å². The van der Waals surface area contributed by atoms with Gasteiger partial charge in [-0.1, -0.05) is 20.3 Å². The van der Waals surface area contributed by atoms with Crippen LogP contribution in [0.25, 0.3) is 0 Å². The van der Waals surface area contributed by atoms with Crippen molar-refractivity contribution in [3.05, 3.63) is 0 Å². The first-order valence-electron chi connectivity index (χ1n) is 7.77. The molecule has 1 aliphatic rings. The highest BCUT2D eigenvalue weighted by Gasteiger charge is 2.75. The Morgan fingerprint density at radius 2 is 1.43 bits per heavy atom. The smallest absolute Gasteiger partial charge is 0.359 e. The first-order chi connectivity index (χ1) is 10.5. The molecule has 1 aliphatic carbocycles. The fourth-order valence-electron chi connectivity index (χ4n) is 3.49. The van der Waals surface area contributed by atoms with Crippen LogP contribution in [0.15, 0.2) is 0 Å². The summed E-state index contributed by atoms with van der Waals surface area (Å²) in [6.07, 6.45) is -9.84. The van der Waals surface area contributed by atoms with Gasteiger partial charge in [0.25, 0.3) is 5.60 Å². The van der Waals surface area contributed by atoms with Gasteiger partial charge in [-0.2, -0.15) is 26.3 Å². The monoisotopic (exact) mass is 350 g/mol. The second-order valence-corrected chi connectivity index (χ2v) is 6.28. The molecule has 0 heterocycles. The van der Waals surface area contributed by atoms with E-state index in [0.717, 1.165) is 13.5 Å². The van der Waals surface area contributed by atoms with Crippen molar-refractivity contribution in [1.29, 1.82) is 0 Å². The van der Waals surface area contributed by atoms with Gasteiger partial charge in [0.2, 0.25) is 0 Å². The summed E-state index contributed by atoms with van der Waals surface area (Å²) in [5.74, 6) is -1.18. The standard InChI is InChI=1S/C15H24F6O2/c1-4-10(2)11-5-7-12(8-6-11)13(14(16,17)18,15(19,20)21)23-9-22-3/h10-12H,4-9H2,1-3H3. The molecule has 0 amide bonds. The molecule has 0 radical (unpaired) electrons. The third-order valence-corrected chi connectivity index (χ3v) is 5.04. The van der Waals surface area contributed by atoms with Crippen LogP contribution in [-0.2, 0) is 9.47 Å². The molecular formula is C15H24F6O2. The molecule has 0 N–H and O–H groups in total. The SMILES string of the molecule is CCC(C)C1CCC(C(OCOC)(C(F)(F)F)C(F)(F)F)CC1. The number of hydrogen-bond acceptors (Lipinski definition) is 2. The Hall–Kier alpha value is -0.500. The Morgan fingerprint density at radius 1 is 0.957 bits per heavy atom. The minimum atomic E-state index is -5.54. The third kappa shape index (κ3) is 4.13. The molecule has 1 rings (SSSR count). The second-order valence-electron chi connectivity index (χ2n) is 6.28. The molecule has 1 atom stereocenters. The fraction of sp³-hybridized carbons (Fsp3) is 1.00. The zero-order valence-corrected chi connectivity index (χ0v) is 13.6. The number of rotatable bonds is 6. The Bertz CT molecular complexity index is 344. The highest BCUT2D eigenvalue weighted by atomic mass is 19.4. The highest BCUT2D eigenvalue weighted by molar-refractivity contribution is 5.02. The zero-order chi connectivity index (χ0) is 17.9. The molecular weight excluding hydrogens is 326 g/mol. The van der Waals surface area contributed by atoms with Crippen LogP contribution in [0.3, 0.4) is 0 Å². The van der Waals surface area contributed by atoms with E-state index in [1.807, 2.05) is 13.8 Å². The average Bonchev–Trinajstić information content (AvgIpc) is 2.45. The van der Waals surface area contributed by atoms with Crippen LogP contribution in [0.4, 0.5) is 26.3 Å². The van der Waals surface area contributed by atoms with Crippen LogP contribution in [0.2, 0.25) is 0 Å². The van der Waals surface area contributed by atoms with E-state index in [0.29, 0.717) is 18.8 Å². The van der Waals surface area contributed by atoms with Crippen molar-refractivity contribution in [3.63, 3.8) is 0 Å². The molecule has 1 saturated carbocycles. The Balaban J connectivity index is 3.06. The second kappa shape index (κ2) is 7.59. The number of halogens is 6. The summed E-state index contributed by atoms with van der Waals surface area (Å²) in [7, 11) is 0.997. The minimum absolute atomic E-state index is 0.155. The Morgan fingerprint density at radius 3 is 1.78 bits per heavy atom. The summed E-state index contributed by atoms with van der Waals surface area (Å²) in [6.45, 7) is 2.89. The van der Waals surface area contributed by atoms with Gasteiger partial charge in [-0.05, 0) is 37.5 Å². The predicted molar refractivity (Wildman–Crippen MR) is 72.7 cm³/mol. The quantitative estimate of drug-likeness (QED) is 0.477. The van der Waals surface area contributed by atoms with Crippen molar-refractivity contribution in [3.8, 4) is 0 Å². The zero-order valence-electron chi connectivity index (χ0n) is 13.6. The largest absolute Gasteiger partial charge is 0.426 e. The molecule has 138 valence electrons. The molecule has 0 aliphatic heterocycles. The topological polar surface area (TPSA) is 18.5 Å². The Kier molecular flexibility index (Phi) is 6.78. The summed E-state index contributed by atoms with van der Waals surface area (Å²) in [4.78, 5) is 0. The van der Waals surface area contributed by atoms with Gasteiger partial charge in [-0.25, -0.2) is 0 Å². The van der Waals surface area contributed by atoms with Crippen molar-refractivity contribution >= 4 is 0 Å². The molecule has 0 spiro atoms. The minimum Gasteiger partial charge on any atom is -0.359 e. The molecule has 0 bridgehead atoms.